The minimum Gasteiger partial charge on any atom is -0.497 e. The number of methoxy groups -OCH3 is 1. The van der Waals surface area contributed by atoms with Crippen molar-refractivity contribution in [2.45, 2.75) is 6.92 Å². The number of non-ortho nitro benzene ring substituents is 1. The van der Waals surface area contributed by atoms with Crippen LogP contribution in [0, 0.1) is 30.3 Å². The first kappa shape index (κ1) is 19.2. The molecule has 1 N–H and O–H groups in total. The molecule has 0 bridgehead atoms. The summed E-state index contributed by atoms with van der Waals surface area (Å²) in [5.74, 6) is 0.550. The van der Waals surface area contributed by atoms with E-state index < -0.39 is 37.5 Å². The molecule has 0 aliphatic heterocycles. The van der Waals surface area contributed by atoms with Gasteiger partial charge in [0.2, 0.25) is 5.69 Å². The van der Waals surface area contributed by atoms with Crippen LogP contribution in [-0.4, -0.2) is 27.6 Å². The third-order valence-corrected chi connectivity index (χ3v) is 3.51. The Morgan fingerprint density at radius 1 is 1.00 bits per heavy atom. The zero-order valence-corrected chi connectivity index (χ0v) is 14.1. The molecule has 0 saturated heterocycles. The fraction of sp³-hybridized carbons (Fsp3) is 0.133. The van der Waals surface area contributed by atoms with E-state index >= 15 is 0 Å². The molecule has 0 radical (unpaired) electrons. The van der Waals surface area contributed by atoms with Gasteiger partial charge in [-0.25, -0.2) is 0 Å². The lowest BCUT2D eigenvalue weighted by molar-refractivity contribution is -0.401. The highest BCUT2D eigenvalue weighted by Crippen LogP contribution is 2.38. The van der Waals surface area contributed by atoms with Gasteiger partial charge in [-0.05, 0) is 19.1 Å². The van der Waals surface area contributed by atoms with E-state index in [1.165, 1.54) is 7.11 Å². The Kier molecular flexibility index (Phi) is 5.60. The fourth-order valence-corrected chi connectivity index (χ4v) is 2.16. The maximum Gasteiger partial charge on any atom is 0.308 e. The van der Waals surface area contributed by atoms with Crippen LogP contribution >= 0.6 is 0 Å². The Balaban J connectivity index is 2.51. The molecule has 2 rings (SSSR count). The van der Waals surface area contributed by atoms with E-state index in [1.54, 1.807) is 31.2 Å². The van der Waals surface area contributed by atoms with Gasteiger partial charge in [0.05, 0.1) is 39.7 Å². The second-order valence-corrected chi connectivity index (χ2v) is 5.17. The monoisotopic (exact) mass is 375 g/mol. The largest absolute Gasteiger partial charge is 0.497 e. The molecule has 12 nitrogen and oxygen atoms in total. The molecule has 0 aliphatic carbocycles. The summed E-state index contributed by atoms with van der Waals surface area (Å²) in [4.78, 5) is 30.5. The molecule has 2 aromatic carbocycles. The van der Waals surface area contributed by atoms with Crippen molar-refractivity contribution in [2.24, 2.45) is 5.10 Å². The maximum atomic E-state index is 11.2. The smallest absolute Gasteiger partial charge is 0.308 e. The van der Waals surface area contributed by atoms with E-state index in [9.17, 15) is 30.3 Å². The molecule has 12 heteroatoms. The first-order chi connectivity index (χ1) is 12.7. The number of nitro benzene ring substituents is 3. The van der Waals surface area contributed by atoms with E-state index in [0.29, 0.717) is 29.2 Å². The average Bonchev–Trinajstić information content (AvgIpc) is 2.64. The first-order valence-corrected chi connectivity index (χ1v) is 7.30. The van der Waals surface area contributed by atoms with Gasteiger partial charge >= 0.3 is 11.4 Å². The molecule has 2 aromatic rings. The van der Waals surface area contributed by atoms with Gasteiger partial charge in [0, 0.05) is 5.56 Å². The van der Waals surface area contributed by atoms with Crippen molar-refractivity contribution in [1.82, 2.24) is 0 Å². The quantitative estimate of drug-likeness (QED) is 0.437. The molecule has 0 atom stereocenters. The summed E-state index contributed by atoms with van der Waals surface area (Å²) >= 11 is 0. The molecule has 140 valence electrons. The summed E-state index contributed by atoms with van der Waals surface area (Å²) in [6.45, 7) is 1.57. The predicted octanol–water partition coefficient (Wildman–Crippen LogP) is 3.26. The SMILES string of the molecule is COc1cccc(/C(C)=N/Nc2c([N+](=O)[O-])cc([N+](=O)[O-])cc2[N+](=O)[O-])c1. The second-order valence-electron chi connectivity index (χ2n) is 5.17. The zero-order chi connectivity index (χ0) is 20.1. The molecular weight excluding hydrogens is 362 g/mol. The fourth-order valence-electron chi connectivity index (χ4n) is 2.16. The molecule has 0 aliphatic rings. The van der Waals surface area contributed by atoms with Gasteiger partial charge in [0.25, 0.3) is 5.69 Å². The van der Waals surface area contributed by atoms with Crippen LogP contribution in [0.1, 0.15) is 12.5 Å². The van der Waals surface area contributed by atoms with Crippen molar-refractivity contribution in [3.05, 3.63) is 72.3 Å². The van der Waals surface area contributed by atoms with Crippen LogP contribution in [0.2, 0.25) is 0 Å². The molecule has 0 spiro atoms. The van der Waals surface area contributed by atoms with E-state index in [2.05, 4.69) is 10.5 Å². The number of nitrogens with zero attached hydrogens (tertiary/aromatic N) is 4. The van der Waals surface area contributed by atoms with Crippen molar-refractivity contribution >= 4 is 28.5 Å². The Bertz CT molecular complexity index is 922. The number of ether oxygens (including phenoxy) is 1. The number of benzene rings is 2. The van der Waals surface area contributed by atoms with Gasteiger partial charge in [-0.1, -0.05) is 12.1 Å². The van der Waals surface area contributed by atoms with Crippen molar-refractivity contribution in [2.75, 3.05) is 12.5 Å². The number of nitrogens with one attached hydrogen (secondary N) is 1. The highest BCUT2D eigenvalue weighted by molar-refractivity contribution is 5.99. The van der Waals surface area contributed by atoms with Crippen molar-refractivity contribution in [3.8, 4) is 5.75 Å². The van der Waals surface area contributed by atoms with E-state index in [-0.39, 0.29) is 0 Å². The number of hydrazone groups is 1. The first-order valence-electron chi connectivity index (χ1n) is 7.30. The van der Waals surface area contributed by atoms with Gasteiger partial charge < -0.3 is 4.74 Å². The summed E-state index contributed by atoms with van der Waals surface area (Å²) in [5, 5.41) is 37.3. The molecule has 0 aromatic heterocycles. The van der Waals surface area contributed by atoms with Gasteiger partial charge in [-0.15, -0.1) is 0 Å². The van der Waals surface area contributed by atoms with Crippen LogP contribution in [0.3, 0.4) is 0 Å². The van der Waals surface area contributed by atoms with Gasteiger partial charge in [-0.2, -0.15) is 5.10 Å². The second kappa shape index (κ2) is 7.86. The normalized spacial score (nSPS) is 11.0. The minimum absolute atomic E-state index is 0.357. The lowest BCUT2D eigenvalue weighted by atomic mass is 10.1. The van der Waals surface area contributed by atoms with Crippen LogP contribution in [0.25, 0.3) is 0 Å². The van der Waals surface area contributed by atoms with E-state index in [0.717, 1.165) is 0 Å². The summed E-state index contributed by atoms with van der Waals surface area (Å²) in [7, 11) is 1.48. The maximum absolute atomic E-state index is 11.2. The molecule has 0 amide bonds. The summed E-state index contributed by atoms with van der Waals surface area (Å²) in [6, 6.07) is 8.01. The minimum atomic E-state index is -0.960. The van der Waals surface area contributed by atoms with Gasteiger partial charge in [0.1, 0.15) is 5.75 Å². The summed E-state index contributed by atoms with van der Waals surface area (Å²) in [6.07, 6.45) is 0. The number of hydrogen-bond donors (Lipinski definition) is 1. The standard InChI is InChI=1S/C15H13N5O7/c1-9(10-4-3-5-12(6-10)27-2)16-17-15-13(19(23)24)7-11(18(21)22)8-14(15)20(25)26/h3-8,17H,1-2H3/b16-9+. The van der Waals surface area contributed by atoms with Crippen LogP contribution in [0.15, 0.2) is 41.5 Å². The lowest BCUT2D eigenvalue weighted by Gasteiger charge is -2.07. The Morgan fingerprint density at radius 2 is 1.59 bits per heavy atom. The van der Waals surface area contributed by atoms with Crippen molar-refractivity contribution in [1.29, 1.82) is 0 Å². The molecule has 0 unspecified atom stereocenters. The highest BCUT2D eigenvalue weighted by atomic mass is 16.6. The summed E-state index contributed by atoms with van der Waals surface area (Å²) < 4.78 is 5.09. The number of anilines is 1. The molecule has 0 heterocycles. The van der Waals surface area contributed by atoms with Crippen molar-refractivity contribution < 1.29 is 19.5 Å². The van der Waals surface area contributed by atoms with Gasteiger partial charge in [0.15, 0.2) is 0 Å². The molecular formula is C15H13N5O7. The number of hydrogen-bond acceptors (Lipinski definition) is 9. The topological polar surface area (TPSA) is 163 Å². The van der Waals surface area contributed by atoms with Crippen LogP contribution in [0.4, 0.5) is 22.7 Å². The molecule has 0 saturated carbocycles. The predicted molar refractivity (Wildman–Crippen MR) is 95.2 cm³/mol. The Labute approximate surface area is 151 Å². The van der Waals surface area contributed by atoms with E-state index in [4.69, 9.17) is 4.74 Å². The lowest BCUT2D eigenvalue weighted by Crippen LogP contribution is -2.05. The number of nitro groups is 3. The Hall–Kier alpha value is -4.09. The molecule has 27 heavy (non-hydrogen) atoms. The molecule has 0 fully saturated rings. The summed E-state index contributed by atoms with van der Waals surface area (Å²) in [5.41, 5.74) is 0.252. The van der Waals surface area contributed by atoms with Crippen LogP contribution < -0.4 is 10.2 Å². The third-order valence-electron chi connectivity index (χ3n) is 3.51. The third kappa shape index (κ3) is 4.31. The van der Waals surface area contributed by atoms with E-state index in [1.807, 2.05) is 0 Å². The highest BCUT2D eigenvalue weighted by Gasteiger charge is 2.30. The van der Waals surface area contributed by atoms with Crippen molar-refractivity contribution in [3.63, 3.8) is 0 Å². The van der Waals surface area contributed by atoms with Crippen LogP contribution in [-0.2, 0) is 0 Å². The van der Waals surface area contributed by atoms with Crippen LogP contribution in [0.5, 0.6) is 5.75 Å². The average molecular weight is 375 g/mol. The Morgan fingerprint density at radius 3 is 2.07 bits per heavy atom. The zero-order valence-electron chi connectivity index (χ0n) is 14.1. The number of rotatable bonds is 7. The van der Waals surface area contributed by atoms with Gasteiger partial charge in [-0.3, -0.25) is 35.8 Å².